The highest BCUT2D eigenvalue weighted by molar-refractivity contribution is 7.09. The number of ether oxygens (including phenoxy) is 1. The fraction of sp³-hybridized carbons (Fsp3) is 0.692. The van der Waals surface area contributed by atoms with Crippen LogP contribution in [0.4, 0.5) is 0 Å². The van der Waals surface area contributed by atoms with Crippen LogP contribution in [0, 0.1) is 0 Å². The standard InChI is InChI=1S/C13H21NO2S/c1-12(2)9-13(15,5-6-16-12)10-14-8-11-4-3-7-17-11/h3-4,7,14-15H,5-6,8-10H2,1-2H3. The second kappa shape index (κ2) is 5.06. The van der Waals surface area contributed by atoms with Crippen LogP contribution in [0.15, 0.2) is 17.5 Å². The summed E-state index contributed by atoms with van der Waals surface area (Å²) in [7, 11) is 0. The molecule has 1 atom stereocenters. The molecule has 3 nitrogen and oxygen atoms in total. The fourth-order valence-electron chi connectivity index (χ4n) is 2.43. The van der Waals surface area contributed by atoms with Gasteiger partial charge in [-0.1, -0.05) is 6.07 Å². The van der Waals surface area contributed by atoms with Crippen molar-refractivity contribution >= 4 is 11.3 Å². The summed E-state index contributed by atoms with van der Waals surface area (Å²) < 4.78 is 5.63. The zero-order valence-electron chi connectivity index (χ0n) is 10.5. The monoisotopic (exact) mass is 255 g/mol. The Hall–Kier alpha value is -0.420. The molecule has 4 heteroatoms. The predicted molar refractivity (Wildman–Crippen MR) is 70.2 cm³/mol. The smallest absolute Gasteiger partial charge is 0.0820 e. The molecule has 1 saturated heterocycles. The normalized spacial score (nSPS) is 28.2. The molecule has 0 spiro atoms. The third-order valence-electron chi connectivity index (χ3n) is 3.15. The van der Waals surface area contributed by atoms with E-state index in [1.54, 1.807) is 11.3 Å². The Balaban J connectivity index is 1.81. The summed E-state index contributed by atoms with van der Waals surface area (Å²) in [6, 6.07) is 4.16. The molecule has 1 aliphatic heterocycles. The van der Waals surface area contributed by atoms with Gasteiger partial charge in [0.2, 0.25) is 0 Å². The molecule has 0 amide bonds. The molecule has 1 aromatic rings. The van der Waals surface area contributed by atoms with E-state index in [-0.39, 0.29) is 5.60 Å². The summed E-state index contributed by atoms with van der Waals surface area (Å²) in [5.74, 6) is 0. The molecule has 96 valence electrons. The Morgan fingerprint density at radius 1 is 1.53 bits per heavy atom. The number of hydrogen-bond acceptors (Lipinski definition) is 4. The highest BCUT2D eigenvalue weighted by Gasteiger charge is 2.38. The van der Waals surface area contributed by atoms with Gasteiger partial charge in [-0.3, -0.25) is 0 Å². The highest BCUT2D eigenvalue weighted by atomic mass is 32.1. The Kier molecular flexibility index (Phi) is 3.88. The van der Waals surface area contributed by atoms with E-state index in [2.05, 4.69) is 16.8 Å². The van der Waals surface area contributed by atoms with E-state index >= 15 is 0 Å². The van der Waals surface area contributed by atoms with Gasteiger partial charge in [0.25, 0.3) is 0 Å². The van der Waals surface area contributed by atoms with E-state index in [9.17, 15) is 5.11 Å². The summed E-state index contributed by atoms with van der Waals surface area (Å²) in [6.45, 7) is 6.19. The van der Waals surface area contributed by atoms with Gasteiger partial charge in [-0.15, -0.1) is 11.3 Å². The summed E-state index contributed by atoms with van der Waals surface area (Å²) in [4.78, 5) is 1.31. The molecule has 2 N–H and O–H groups in total. The van der Waals surface area contributed by atoms with Crippen LogP contribution in [-0.2, 0) is 11.3 Å². The van der Waals surface area contributed by atoms with Crippen molar-refractivity contribution in [2.24, 2.45) is 0 Å². The van der Waals surface area contributed by atoms with Crippen LogP contribution >= 0.6 is 11.3 Å². The van der Waals surface area contributed by atoms with E-state index in [1.807, 2.05) is 19.9 Å². The van der Waals surface area contributed by atoms with Crippen molar-refractivity contribution < 1.29 is 9.84 Å². The molecule has 1 unspecified atom stereocenters. The minimum Gasteiger partial charge on any atom is -0.388 e. The van der Waals surface area contributed by atoms with E-state index in [4.69, 9.17) is 4.74 Å². The minimum atomic E-state index is -0.626. The molecule has 2 heterocycles. The topological polar surface area (TPSA) is 41.5 Å². The minimum absolute atomic E-state index is 0.211. The first kappa shape index (κ1) is 13.0. The summed E-state index contributed by atoms with van der Waals surface area (Å²) >= 11 is 1.74. The Morgan fingerprint density at radius 2 is 2.35 bits per heavy atom. The lowest BCUT2D eigenvalue weighted by Crippen LogP contribution is -2.51. The van der Waals surface area contributed by atoms with Gasteiger partial charge in [-0.2, -0.15) is 0 Å². The maximum atomic E-state index is 10.5. The molecule has 0 radical (unpaired) electrons. The second-order valence-corrected chi connectivity index (χ2v) is 6.47. The van der Waals surface area contributed by atoms with Crippen molar-refractivity contribution in [3.8, 4) is 0 Å². The van der Waals surface area contributed by atoms with Crippen LogP contribution in [0.1, 0.15) is 31.6 Å². The molecule has 0 saturated carbocycles. The average molecular weight is 255 g/mol. The van der Waals surface area contributed by atoms with Crippen molar-refractivity contribution in [1.82, 2.24) is 5.32 Å². The molecule has 1 aliphatic rings. The summed E-state index contributed by atoms with van der Waals surface area (Å²) in [6.07, 6.45) is 1.41. The van der Waals surface area contributed by atoms with Crippen LogP contribution < -0.4 is 5.32 Å². The number of aliphatic hydroxyl groups is 1. The largest absolute Gasteiger partial charge is 0.388 e. The SMILES string of the molecule is CC1(C)CC(O)(CNCc2cccs2)CCO1. The van der Waals surface area contributed by atoms with Gasteiger partial charge in [0, 0.05) is 30.8 Å². The highest BCUT2D eigenvalue weighted by Crippen LogP contribution is 2.31. The molecular weight excluding hydrogens is 234 g/mol. The maximum Gasteiger partial charge on any atom is 0.0820 e. The molecular formula is C13H21NO2S. The van der Waals surface area contributed by atoms with E-state index < -0.39 is 5.60 Å². The van der Waals surface area contributed by atoms with Crippen molar-refractivity contribution in [1.29, 1.82) is 0 Å². The van der Waals surface area contributed by atoms with E-state index in [1.165, 1.54) is 4.88 Å². The number of thiophene rings is 1. The number of rotatable bonds is 4. The third-order valence-corrected chi connectivity index (χ3v) is 4.02. The molecule has 17 heavy (non-hydrogen) atoms. The summed E-state index contributed by atoms with van der Waals surface area (Å²) in [5.41, 5.74) is -0.837. The van der Waals surface area contributed by atoms with Crippen LogP contribution in [0.25, 0.3) is 0 Å². The first-order valence-electron chi connectivity index (χ1n) is 6.09. The zero-order chi connectivity index (χ0) is 12.4. The van der Waals surface area contributed by atoms with Gasteiger partial charge < -0.3 is 15.2 Å². The first-order chi connectivity index (χ1) is 7.99. The Bertz CT molecular complexity index is 350. The van der Waals surface area contributed by atoms with Gasteiger partial charge in [0.15, 0.2) is 0 Å². The second-order valence-electron chi connectivity index (χ2n) is 5.44. The van der Waals surface area contributed by atoms with E-state index in [0.717, 1.165) is 6.54 Å². The van der Waals surface area contributed by atoms with Gasteiger partial charge >= 0.3 is 0 Å². The molecule has 1 fully saturated rings. The average Bonchev–Trinajstić information content (AvgIpc) is 2.68. The molecule has 0 bridgehead atoms. The predicted octanol–water partition coefficient (Wildman–Crippen LogP) is 2.16. The van der Waals surface area contributed by atoms with Crippen LogP contribution in [-0.4, -0.2) is 29.5 Å². The van der Waals surface area contributed by atoms with Crippen molar-refractivity contribution in [3.63, 3.8) is 0 Å². The molecule has 0 aromatic carbocycles. The van der Waals surface area contributed by atoms with Crippen molar-refractivity contribution in [2.45, 2.75) is 44.4 Å². The first-order valence-corrected chi connectivity index (χ1v) is 6.97. The number of hydrogen-bond donors (Lipinski definition) is 2. The van der Waals surface area contributed by atoms with Gasteiger partial charge in [0.1, 0.15) is 0 Å². The molecule has 1 aromatic heterocycles. The molecule has 2 rings (SSSR count). The fourth-order valence-corrected chi connectivity index (χ4v) is 3.11. The lowest BCUT2D eigenvalue weighted by atomic mass is 9.84. The summed E-state index contributed by atoms with van der Waals surface area (Å²) in [5, 5.41) is 15.9. The quantitative estimate of drug-likeness (QED) is 0.866. The van der Waals surface area contributed by atoms with E-state index in [0.29, 0.717) is 26.0 Å². The van der Waals surface area contributed by atoms with Gasteiger partial charge in [0.05, 0.1) is 17.8 Å². The zero-order valence-corrected chi connectivity index (χ0v) is 11.3. The maximum absolute atomic E-state index is 10.5. The third kappa shape index (κ3) is 3.78. The van der Waals surface area contributed by atoms with Crippen molar-refractivity contribution in [3.05, 3.63) is 22.4 Å². The van der Waals surface area contributed by atoms with Gasteiger partial charge in [-0.25, -0.2) is 0 Å². The molecule has 0 aliphatic carbocycles. The lowest BCUT2D eigenvalue weighted by molar-refractivity contribution is -0.142. The van der Waals surface area contributed by atoms with Gasteiger partial charge in [-0.05, 0) is 25.3 Å². The van der Waals surface area contributed by atoms with Crippen LogP contribution in [0.3, 0.4) is 0 Å². The lowest BCUT2D eigenvalue weighted by Gasteiger charge is -2.41. The van der Waals surface area contributed by atoms with Crippen molar-refractivity contribution in [2.75, 3.05) is 13.2 Å². The van der Waals surface area contributed by atoms with Crippen LogP contribution in [0.2, 0.25) is 0 Å². The number of nitrogens with one attached hydrogen (secondary N) is 1. The Morgan fingerprint density at radius 3 is 3.00 bits per heavy atom. The van der Waals surface area contributed by atoms with Crippen LogP contribution in [0.5, 0.6) is 0 Å². The Labute approximate surface area is 107 Å².